The third-order valence-electron chi connectivity index (χ3n) is 4.75. The lowest BCUT2D eigenvalue weighted by Crippen LogP contribution is -2.44. The summed E-state index contributed by atoms with van der Waals surface area (Å²) in [6, 6.07) is 14.3. The van der Waals surface area contributed by atoms with Crippen LogP contribution in [0.1, 0.15) is 36.2 Å². The van der Waals surface area contributed by atoms with Gasteiger partial charge in [0, 0.05) is 5.56 Å². The number of esters is 1. The Kier molecular flexibility index (Phi) is 5.26. The van der Waals surface area contributed by atoms with Gasteiger partial charge in [-0.15, -0.1) is 0 Å². The first kappa shape index (κ1) is 19.3. The minimum absolute atomic E-state index is 0.103. The highest BCUT2D eigenvalue weighted by Gasteiger charge is 2.51. The Hall–Kier alpha value is -3.48. The van der Waals surface area contributed by atoms with Crippen molar-refractivity contribution in [3.8, 4) is 5.75 Å². The number of hydrogen-bond acceptors (Lipinski definition) is 5. The van der Waals surface area contributed by atoms with E-state index in [0.717, 1.165) is 4.90 Å². The van der Waals surface area contributed by atoms with Gasteiger partial charge in [-0.05, 0) is 43.2 Å². The van der Waals surface area contributed by atoms with Crippen molar-refractivity contribution in [1.29, 1.82) is 0 Å². The van der Waals surface area contributed by atoms with Gasteiger partial charge in [-0.3, -0.25) is 14.5 Å². The lowest BCUT2D eigenvalue weighted by molar-refractivity contribution is -0.141. The number of carbonyl (C=O) groups excluding carboxylic acids is 4. The van der Waals surface area contributed by atoms with Crippen LogP contribution in [0.5, 0.6) is 5.75 Å². The number of ketones is 1. The molecule has 0 saturated carbocycles. The van der Waals surface area contributed by atoms with Crippen LogP contribution >= 0.6 is 0 Å². The number of carbonyl (C=O) groups is 4. The predicted octanol–water partition coefficient (Wildman–Crippen LogP) is 2.65. The number of rotatable bonds is 6. The average Bonchev–Trinajstić information content (AvgIpc) is 2.94. The normalized spacial score (nSPS) is 18.7. The fraction of sp³-hybridized carbons (Fsp3) is 0.238. The van der Waals surface area contributed by atoms with Crippen molar-refractivity contribution in [1.82, 2.24) is 10.2 Å². The lowest BCUT2D eigenvalue weighted by Gasteiger charge is -2.25. The number of nitrogens with zero attached hydrogens (tertiary/aromatic N) is 1. The molecule has 3 rings (SSSR count). The molecule has 7 heteroatoms. The number of ether oxygens (including phenoxy) is 1. The van der Waals surface area contributed by atoms with Crippen LogP contribution in [0.2, 0.25) is 0 Å². The molecule has 7 nitrogen and oxygen atoms in total. The summed E-state index contributed by atoms with van der Waals surface area (Å²) in [5.41, 5.74) is -0.0436. The number of Topliss-reactive ketones (excluding diaryl/α,β-unsaturated/α-hetero) is 1. The van der Waals surface area contributed by atoms with Crippen molar-refractivity contribution in [2.24, 2.45) is 0 Å². The van der Waals surface area contributed by atoms with E-state index in [2.05, 4.69) is 5.32 Å². The first-order valence-electron chi connectivity index (χ1n) is 8.88. The van der Waals surface area contributed by atoms with Crippen LogP contribution in [-0.4, -0.2) is 35.1 Å². The molecular formula is C21H20N2O5. The molecule has 0 radical (unpaired) electrons. The highest BCUT2D eigenvalue weighted by Crippen LogP contribution is 2.32. The first-order valence-corrected chi connectivity index (χ1v) is 8.88. The van der Waals surface area contributed by atoms with E-state index in [4.69, 9.17) is 4.74 Å². The van der Waals surface area contributed by atoms with Gasteiger partial charge in [0.25, 0.3) is 5.91 Å². The summed E-state index contributed by atoms with van der Waals surface area (Å²) < 4.78 is 5.19. The monoisotopic (exact) mass is 380 g/mol. The van der Waals surface area contributed by atoms with E-state index in [9.17, 15) is 19.2 Å². The van der Waals surface area contributed by atoms with Gasteiger partial charge >= 0.3 is 12.0 Å². The van der Waals surface area contributed by atoms with Crippen molar-refractivity contribution < 1.29 is 23.9 Å². The van der Waals surface area contributed by atoms with Gasteiger partial charge in [-0.1, -0.05) is 37.3 Å². The van der Waals surface area contributed by atoms with Gasteiger partial charge < -0.3 is 10.1 Å². The van der Waals surface area contributed by atoms with Crippen LogP contribution in [0.25, 0.3) is 0 Å². The van der Waals surface area contributed by atoms with Crippen molar-refractivity contribution in [3.63, 3.8) is 0 Å². The van der Waals surface area contributed by atoms with Gasteiger partial charge in [-0.2, -0.15) is 0 Å². The summed E-state index contributed by atoms with van der Waals surface area (Å²) in [7, 11) is 0. The van der Waals surface area contributed by atoms with E-state index in [1.54, 1.807) is 31.2 Å². The van der Waals surface area contributed by atoms with Crippen LogP contribution in [0, 0.1) is 0 Å². The van der Waals surface area contributed by atoms with Crippen molar-refractivity contribution in [2.45, 2.75) is 25.8 Å². The number of imide groups is 1. The smallest absolute Gasteiger partial charge is 0.331 e. The molecule has 3 amide bonds. The van der Waals surface area contributed by atoms with E-state index < -0.39 is 30.0 Å². The number of urea groups is 1. The van der Waals surface area contributed by atoms with E-state index >= 15 is 0 Å². The van der Waals surface area contributed by atoms with Gasteiger partial charge in [0.05, 0.1) is 0 Å². The summed E-state index contributed by atoms with van der Waals surface area (Å²) in [5.74, 6) is -1.12. The predicted molar refractivity (Wildman–Crippen MR) is 101 cm³/mol. The quantitative estimate of drug-likeness (QED) is 0.360. The summed E-state index contributed by atoms with van der Waals surface area (Å²) in [5, 5.41) is 2.71. The summed E-state index contributed by atoms with van der Waals surface area (Å²) in [4.78, 5) is 49.8. The largest absolute Gasteiger partial charge is 0.425 e. The number of hydrogen-bond donors (Lipinski definition) is 1. The highest BCUT2D eigenvalue weighted by molar-refractivity contribution is 6.09. The Morgan fingerprint density at radius 2 is 1.68 bits per heavy atom. The molecule has 144 valence electrons. The molecule has 1 atom stereocenters. The molecule has 1 unspecified atom stereocenters. The molecule has 1 fully saturated rings. The minimum Gasteiger partial charge on any atom is -0.425 e. The Balaban J connectivity index is 1.73. The van der Waals surface area contributed by atoms with Gasteiger partial charge in [0.1, 0.15) is 17.8 Å². The van der Waals surface area contributed by atoms with Crippen LogP contribution in [0.3, 0.4) is 0 Å². The molecule has 1 aliphatic heterocycles. The van der Waals surface area contributed by atoms with E-state index in [1.165, 1.54) is 31.2 Å². The van der Waals surface area contributed by atoms with E-state index in [1.807, 2.05) is 6.07 Å². The van der Waals surface area contributed by atoms with Crippen molar-refractivity contribution >= 4 is 23.7 Å². The molecule has 0 spiro atoms. The zero-order chi connectivity index (χ0) is 20.3. The summed E-state index contributed by atoms with van der Waals surface area (Å²) >= 11 is 0. The standard InChI is InChI=1S/C21H20N2O5/c1-3-21(16-7-5-4-6-8-16)19(26)23(20(27)22-21)13-18(25)28-17-11-9-15(10-12-17)14(2)24/h4-12H,3,13H2,1-2H3,(H,22,27). The number of amides is 3. The topological polar surface area (TPSA) is 92.8 Å². The molecular weight excluding hydrogens is 360 g/mol. The Morgan fingerprint density at radius 1 is 1.04 bits per heavy atom. The molecule has 28 heavy (non-hydrogen) atoms. The van der Waals surface area contributed by atoms with Crippen molar-refractivity contribution in [2.75, 3.05) is 6.54 Å². The molecule has 2 aromatic carbocycles. The maximum atomic E-state index is 13.0. The fourth-order valence-electron chi connectivity index (χ4n) is 3.18. The Labute approximate surface area is 162 Å². The van der Waals surface area contributed by atoms with E-state index in [-0.39, 0.29) is 11.5 Å². The van der Waals surface area contributed by atoms with Gasteiger partial charge in [-0.25, -0.2) is 9.59 Å². The summed E-state index contributed by atoms with van der Waals surface area (Å²) in [6.45, 7) is 2.72. The van der Waals surface area contributed by atoms with Crippen LogP contribution in [-0.2, 0) is 15.1 Å². The zero-order valence-electron chi connectivity index (χ0n) is 15.6. The molecule has 0 aliphatic carbocycles. The third kappa shape index (κ3) is 3.51. The Morgan fingerprint density at radius 3 is 2.25 bits per heavy atom. The molecule has 1 saturated heterocycles. The maximum Gasteiger partial charge on any atom is 0.331 e. The fourth-order valence-corrected chi connectivity index (χ4v) is 3.18. The van der Waals surface area contributed by atoms with Gasteiger partial charge in [0.2, 0.25) is 0 Å². The second-order valence-electron chi connectivity index (χ2n) is 6.50. The maximum absolute atomic E-state index is 13.0. The van der Waals surface area contributed by atoms with Gasteiger partial charge in [0.15, 0.2) is 5.78 Å². The second-order valence-corrected chi connectivity index (χ2v) is 6.50. The zero-order valence-corrected chi connectivity index (χ0v) is 15.6. The molecule has 1 N–H and O–H groups in total. The molecule has 0 bridgehead atoms. The minimum atomic E-state index is -1.19. The first-order chi connectivity index (χ1) is 13.4. The second kappa shape index (κ2) is 7.64. The van der Waals surface area contributed by atoms with E-state index in [0.29, 0.717) is 17.5 Å². The molecule has 1 heterocycles. The third-order valence-corrected chi connectivity index (χ3v) is 4.75. The van der Waals surface area contributed by atoms with Crippen LogP contribution in [0.15, 0.2) is 54.6 Å². The molecule has 1 aliphatic rings. The van der Waals surface area contributed by atoms with Crippen molar-refractivity contribution in [3.05, 3.63) is 65.7 Å². The average molecular weight is 380 g/mol. The molecule has 0 aromatic heterocycles. The van der Waals surface area contributed by atoms with Crippen LogP contribution < -0.4 is 10.1 Å². The van der Waals surface area contributed by atoms with Crippen LogP contribution in [0.4, 0.5) is 4.79 Å². The number of benzene rings is 2. The number of nitrogens with one attached hydrogen (secondary N) is 1. The Bertz CT molecular complexity index is 924. The lowest BCUT2D eigenvalue weighted by atomic mass is 9.87. The summed E-state index contributed by atoms with van der Waals surface area (Å²) in [6.07, 6.45) is 0.347. The SMILES string of the molecule is CCC1(c2ccccc2)NC(=O)N(CC(=O)Oc2ccc(C(C)=O)cc2)C1=O. The molecule has 2 aromatic rings. The highest BCUT2D eigenvalue weighted by atomic mass is 16.5.